The zero-order chi connectivity index (χ0) is 15.4. The van der Waals surface area contributed by atoms with Gasteiger partial charge in [0, 0.05) is 25.3 Å². The van der Waals surface area contributed by atoms with Gasteiger partial charge < -0.3 is 15.4 Å². The summed E-state index contributed by atoms with van der Waals surface area (Å²) in [6.07, 6.45) is 3.25. The minimum atomic E-state index is 0. The molecule has 0 aliphatic carbocycles. The quantitative estimate of drug-likeness (QED) is 0.855. The molecule has 1 aromatic rings. The van der Waals surface area contributed by atoms with Crippen LogP contribution >= 0.6 is 12.4 Å². The molecule has 2 aliphatic heterocycles. The Morgan fingerprint density at radius 2 is 2.00 bits per heavy atom. The summed E-state index contributed by atoms with van der Waals surface area (Å²) in [7, 11) is 0. The maximum absolute atomic E-state index is 12.8. The molecule has 23 heavy (non-hydrogen) atoms. The fourth-order valence-electron chi connectivity index (χ4n) is 3.38. The van der Waals surface area contributed by atoms with E-state index >= 15 is 0 Å². The van der Waals surface area contributed by atoms with E-state index in [1.165, 1.54) is 5.56 Å². The predicted molar refractivity (Wildman–Crippen MR) is 93.6 cm³/mol. The Morgan fingerprint density at radius 1 is 1.22 bits per heavy atom. The largest absolute Gasteiger partial charge is 0.399 e. The highest BCUT2D eigenvalue weighted by atomic mass is 35.5. The molecule has 2 fully saturated rings. The number of hydrogen-bond donors (Lipinski definition) is 1. The third kappa shape index (κ3) is 4.59. The van der Waals surface area contributed by atoms with Gasteiger partial charge in [0.15, 0.2) is 0 Å². The van der Waals surface area contributed by atoms with E-state index in [1.54, 1.807) is 0 Å². The summed E-state index contributed by atoms with van der Waals surface area (Å²) in [4.78, 5) is 17.1. The summed E-state index contributed by atoms with van der Waals surface area (Å²) in [5, 5.41) is 0. The minimum Gasteiger partial charge on any atom is -0.399 e. The molecule has 1 unspecified atom stereocenters. The number of halogens is 1. The lowest BCUT2D eigenvalue weighted by Crippen LogP contribution is -2.53. The van der Waals surface area contributed by atoms with Crippen molar-refractivity contribution in [1.29, 1.82) is 0 Å². The molecule has 5 nitrogen and oxygen atoms in total. The third-order valence-electron chi connectivity index (χ3n) is 4.56. The summed E-state index contributed by atoms with van der Waals surface area (Å²) >= 11 is 0. The molecule has 2 saturated heterocycles. The van der Waals surface area contributed by atoms with Gasteiger partial charge in [0.25, 0.3) is 0 Å². The van der Waals surface area contributed by atoms with Gasteiger partial charge in [0.1, 0.15) is 0 Å². The molecule has 6 heteroatoms. The number of nitrogens with two attached hydrogens (primary N) is 1. The molecular weight excluding hydrogens is 314 g/mol. The monoisotopic (exact) mass is 339 g/mol. The number of benzene rings is 1. The van der Waals surface area contributed by atoms with E-state index in [0.29, 0.717) is 13.2 Å². The predicted octanol–water partition coefficient (Wildman–Crippen LogP) is 1.90. The highest BCUT2D eigenvalue weighted by molar-refractivity contribution is 5.85. The lowest BCUT2D eigenvalue weighted by atomic mass is 9.99. The van der Waals surface area contributed by atoms with Crippen molar-refractivity contribution in [1.82, 2.24) is 9.80 Å². The van der Waals surface area contributed by atoms with Crippen LogP contribution in [0, 0.1) is 0 Å². The average molecular weight is 340 g/mol. The first kappa shape index (κ1) is 18.0. The third-order valence-corrected chi connectivity index (χ3v) is 4.56. The number of carbonyl (C=O) groups is 1. The molecule has 0 bridgehead atoms. The second-order valence-electron chi connectivity index (χ2n) is 6.16. The first-order valence-electron chi connectivity index (χ1n) is 8.19. The number of ether oxygens (including phenoxy) is 1. The van der Waals surface area contributed by atoms with Crippen LogP contribution < -0.4 is 5.73 Å². The molecule has 0 spiro atoms. The Balaban J connectivity index is 0.00000192. The molecule has 0 aromatic heterocycles. The lowest BCUT2D eigenvalue weighted by Gasteiger charge is -2.38. The van der Waals surface area contributed by atoms with E-state index in [4.69, 9.17) is 10.5 Å². The topological polar surface area (TPSA) is 58.8 Å². The average Bonchev–Trinajstić information content (AvgIpc) is 2.56. The van der Waals surface area contributed by atoms with Crippen molar-refractivity contribution in [3.63, 3.8) is 0 Å². The molecule has 128 valence electrons. The highest BCUT2D eigenvalue weighted by Crippen LogP contribution is 2.22. The second kappa shape index (κ2) is 8.52. The van der Waals surface area contributed by atoms with Gasteiger partial charge in [-0.2, -0.15) is 0 Å². The van der Waals surface area contributed by atoms with Crippen LogP contribution in [0.25, 0.3) is 0 Å². The van der Waals surface area contributed by atoms with Gasteiger partial charge in [-0.3, -0.25) is 9.69 Å². The number of piperidine rings is 1. The fraction of sp³-hybridized carbons (Fsp3) is 0.588. The fourth-order valence-corrected chi connectivity index (χ4v) is 3.38. The van der Waals surface area contributed by atoms with E-state index in [2.05, 4.69) is 11.0 Å². The van der Waals surface area contributed by atoms with Gasteiger partial charge >= 0.3 is 0 Å². The first-order chi connectivity index (χ1) is 10.7. The molecule has 2 heterocycles. The number of nitrogen functional groups attached to an aromatic ring is 1. The number of amides is 1. The first-order valence-corrected chi connectivity index (χ1v) is 8.19. The summed E-state index contributed by atoms with van der Waals surface area (Å²) in [5.74, 6) is 0.270. The van der Waals surface area contributed by atoms with Crippen molar-refractivity contribution in [2.24, 2.45) is 0 Å². The zero-order valence-electron chi connectivity index (χ0n) is 13.4. The Hall–Kier alpha value is -1.30. The Bertz CT molecular complexity index is 520. The summed E-state index contributed by atoms with van der Waals surface area (Å²) < 4.78 is 5.35. The Kier molecular flexibility index (Phi) is 6.69. The summed E-state index contributed by atoms with van der Waals surface area (Å²) in [6.45, 7) is 4.55. The lowest BCUT2D eigenvalue weighted by molar-refractivity contribution is -0.142. The summed E-state index contributed by atoms with van der Waals surface area (Å²) in [5.41, 5.74) is 7.83. The molecule has 1 amide bonds. The van der Waals surface area contributed by atoms with Gasteiger partial charge in [-0.25, -0.2) is 0 Å². The molecule has 3 rings (SSSR count). The van der Waals surface area contributed by atoms with Crippen LogP contribution in [0.4, 0.5) is 5.69 Å². The Morgan fingerprint density at radius 3 is 2.74 bits per heavy atom. The highest BCUT2D eigenvalue weighted by Gasteiger charge is 2.32. The van der Waals surface area contributed by atoms with E-state index in [9.17, 15) is 4.79 Å². The normalized spacial score (nSPS) is 22.4. The number of carbonyl (C=O) groups excluding carboxylic acids is 1. The van der Waals surface area contributed by atoms with Crippen LogP contribution in [0.15, 0.2) is 24.3 Å². The van der Waals surface area contributed by atoms with Crippen LogP contribution in [-0.2, 0) is 16.1 Å². The van der Waals surface area contributed by atoms with Crippen molar-refractivity contribution in [3.8, 4) is 0 Å². The van der Waals surface area contributed by atoms with Crippen molar-refractivity contribution in [2.45, 2.75) is 31.8 Å². The summed E-state index contributed by atoms with van der Waals surface area (Å²) in [6, 6.07) is 7.98. The standard InChI is InChI=1S/C17H25N3O2.ClH/c18-15-5-3-4-14(12-15)13-20-7-2-1-6-16(20)17(21)19-8-10-22-11-9-19;/h3-5,12,16H,1-2,6-11,13,18H2;1H. The number of likely N-dealkylation sites (tertiary alicyclic amines) is 1. The van der Waals surface area contributed by atoms with Crippen LogP contribution in [0.5, 0.6) is 0 Å². The van der Waals surface area contributed by atoms with Gasteiger partial charge in [-0.15, -0.1) is 12.4 Å². The molecule has 0 radical (unpaired) electrons. The van der Waals surface area contributed by atoms with Crippen LogP contribution in [-0.4, -0.2) is 54.6 Å². The molecular formula is C17H26ClN3O2. The van der Waals surface area contributed by atoms with Gasteiger partial charge in [0.2, 0.25) is 5.91 Å². The van der Waals surface area contributed by atoms with Gasteiger partial charge in [-0.1, -0.05) is 18.6 Å². The molecule has 2 N–H and O–H groups in total. The zero-order valence-corrected chi connectivity index (χ0v) is 14.3. The van der Waals surface area contributed by atoms with Crippen LogP contribution in [0.1, 0.15) is 24.8 Å². The number of hydrogen-bond acceptors (Lipinski definition) is 4. The molecule has 1 aromatic carbocycles. The molecule has 0 saturated carbocycles. The number of rotatable bonds is 3. The van der Waals surface area contributed by atoms with Crippen LogP contribution in [0.2, 0.25) is 0 Å². The maximum Gasteiger partial charge on any atom is 0.240 e. The van der Waals surface area contributed by atoms with Gasteiger partial charge in [-0.05, 0) is 37.1 Å². The molecule has 2 aliphatic rings. The minimum absolute atomic E-state index is 0. The van der Waals surface area contributed by atoms with Crippen LogP contribution in [0.3, 0.4) is 0 Å². The van der Waals surface area contributed by atoms with E-state index in [1.807, 2.05) is 23.1 Å². The van der Waals surface area contributed by atoms with Crippen molar-refractivity contribution in [2.75, 3.05) is 38.6 Å². The van der Waals surface area contributed by atoms with Gasteiger partial charge in [0.05, 0.1) is 19.3 Å². The van der Waals surface area contributed by atoms with Crippen molar-refractivity contribution < 1.29 is 9.53 Å². The van der Waals surface area contributed by atoms with E-state index in [-0.39, 0.29) is 24.4 Å². The molecule has 1 atom stereocenters. The second-order valence-corrected chi connectivity index (χ2v) is 6.16. The Labute approximate surface area is 144 Å². The van der Waals surface area contributed by atoms with E-state index in [0.717, 1.165) is 51.1 Å². The smallest absolute Gasteiger partial charge is 0.240 e. The van der Waals surface area contributed by atoms with Crippen molar-refractivity contribution >= 4 is 24.0 Å². The van der Waals surface area contributed by atoms with Crippen molar-refractivity contribution in [3.05, 3.63) is 29.8 Å². The number of nitrogens with zero attached hydrogens (tertiary/aromatic N) is 2. The van der Waals surface area contributed by atoms with E-state index < -0.39 is 0 Å². The number of anilines is 1. The number of morpholine rings is 1. The SMILES string of the molecule is Cl.Nc1cccc(CN2CCCCC2C(=O)N2CCOCC2)c1. The maximum atomic E-state index is 12.8.